The Balaban J connectivity index is 1.20. The smallest absolute Gasteiger partial charge is 0.306 e. The minimum atomic E-state index is -1.08. The fourth-order valence-corrected chi connectivity index (χ4v) is 6.94. The van der Waals surface area contributed by atoms with E-state index in [1.54, 1.807) is 24.4 Å². The molecule has 1 saturated heterocycles. The molecule has 0 radical (unpaired) electrons. The lowest BCUT2D eigenvalue weighted by atomic mass is 9.89. The second-order valence-electron chi connectivity index (χ2n) is 13.4. The van der Waals surface area contributed by atoms with Crippen LogP contribution in [-0.4, -0.2) is 60.0 Å². The number of aliphatic carboxylic acids is 1. The second kappa shape index (κ2) is 18.1. The van der Waals surface area contributed by atoms with Gasteiger partial charge in [-0.15, -0.1) is 0 Å². The number of aromatic nitrogens is 1. The van der Waals surface area contributed by atoms with E-state index in [1.165, 1.54) is 28.6 Å². The third-order valence-electron chi connectivity index (χ3n) is 9.65. The molecule has 1 fully saturated rings. The van der Waals surface area contributed by atoms with Gasteiger partial charge in [0.1, 0.15) is 30.8 Å². The van der Waals surface area contributed by atoms with Gasteiger partial charge in [0.15, 0.2) is 0 Å². The molecule has 1 aromatic heterocycles. The van der Waals surface area contributed by atoms with E-state index in [0.29, 0.717) is 33.2 Å². The predicted octanol–water partition coefficient (Wildman–Crippen LogP) is 7.05. The number of pyridine rings is 1. The van der Waals surface area contributed by atoms with Crippen molar-refractivity contribution in [1.82, 2.24) is 15.6 Å². The van der Waals surface area contributed by atoms with Crippen LogP contribution in [-0.2, 0) is 24.6 Å². The van der Waals surface area contributed by atoms with Gasteiger partial charge in [-0.3, -0.25) is 9.78 Å². The summed E-state index contributed by atoms with van der Waals surface area (Å²) in [6.07, 6.45) is 1.69. The normalized spacial score (nSPS) is 13.3. The zero-order valence-electron chi connectivity index (χ0n) is 30.4. The summed E-state index contributed by atoms with van der Waals surface area (Å²) < 4.78 is 12.6. The van der Waals surface area contributed by atoms with Crippen LogP contribution in [0.2, 0.25) is 5.02 Å². The highest BCUT2D eigenvalue weighted by Crippen LogP contribution is 2.37. The summed E-state index contributed by atoms with van der Waals surface area (Å²) in [6, 6.07) is 28.8. The maximum atomic E-state index is 11.0. The lowest BCUT2D eigenvalue weighted by Gasteiger charge is -2.29. The van der Waals surface area contributed by atoms with Gasteiger partial charge in [0.05, 0.1) is 23.1 Å². The number of aliphatic hydroxyl groups is 1. The third kappa shape index (κ3) is 9.56. The minimum Gasteiger partial charge on any atom is -0.488 e. The molecule has 0 saturated carbocycles. The van der Waals surface area contributed by atoms with E-state index in [-0.39, 0.29) is 32.7 Å². The van der Waals surface area contributed by atoms with Gasteiger partial charge in [-0.1, -0.05) is 60.1 Å². The van der Waals surface area contributed by atoms with Gasteiger partial charge >= 0.3 is 5.97 Å². The number of carboxylic acids is 1. The number of benzene rings is 4. The van der Waals surface area contributed by atoms with Crippen molar-refractivity contribution in [1.29, 1.82) is 5.26 Å². The van der Waals surface area contributed by atoms with Crippen molar-refractivity contribution >= 4 is 23.3 Å². The lowest BCUT2D eigenvalue weighted by molar-refractivity contribution is -0.139. The molecule has 1 atom stereocenters. The molecule has 278 valence electrons. The molecule has 11 heteroatoms. The number of hydrogen-bond donors (Lipinski definition) is 4. The minimum absolute atomic E-state index is 0.0663. The first-order valence-electron chi connectivity index (χ1n) is 18.0. The van der Waals surface area contributed by atoms with Crippen LogP contribution >= 0.6 is 11.6 Å². The van der Waals surface area contributed by atoms with E-state index in [0.717, 1.165) is 48.4 Å². The molecule has 4 N–H and O–H groups in total. The van der Waals surface area contributed by atoms with Crippen LogP contribution in [0.15, 0.2) is 91.3 Å². The van der Waals surface area contributed by atoms with E-state index in [9.17, 15) is 15.2 Å². The number of nitrogens with zero attached hydrogens (tertiary/aromatic N) is 3. The summed E-state index contributed by atoms with van der Waals surface area (Å²) in [7, 11) is 0. The fraction of sp³-hybridized carbons (Fsp3) is 0.279. The Morgan fingerprint density at radius 1 is 0.926 bits per heavy atom. The Labute approximate surface area is 321 Å². The molecule has 10 nitrogen and oxygen atoms in total. The Morgan fingerprint density at radius 3 is 2.37 bits per heavy atom. The van der Waals surface area contributed by atoms with Crippen LogP contribution in [0.5, 0.6) is 11.5 Å². The maximum absolute atomic E-state index is 11.0. The summed E-state index contributed by atoms with van der Waals surface area (Å²) >= 11 is 6.76. The van der Waals surface area contributed by atoms with Crippen LogP contribution in [0.3, 0.4) is 0 Å². The molecule has 5 aromatic rings. The van der Waals surface area contributed by atoms with Crippen LogP contribution in [0.1, 0.15) is 39.8 Å². The number of aliphatic hydroxyl groups excluding tert-OH is 1. The van der Waals surface area contributed by atoms with Gasteiger partial charge in [-0.05, 0) is 77.1 Å². The first-order valence-corrected chi connectivity index (χ1v) is 18.3. The summed E-state index contributed by atoms with van der Waals surface area (Å²) in [4.78, 5) is 17.5. The predicted molar refractivity (Wildman–Crippen MR) is 211 cm³/mol. The molecular weight excluding hydrogens is 702 g/mol. The van der Waals surface area contributed by atoms with Crippen molar-refractivity contribution < 1.29 is 24.5 Å². The van der Waals surface area contributed by atoms with Crippen LogP contribution in [0, 0.1) is 25.2 Å². The highest BCUT2D eigenvalue weighted by atomic mass is 35.5. The molecule has 4 aromatic carbocycles. The second-order valence-corrected chi connectivity index (χ2v) is 13.8. The SMILES string of the molecule is Cc1c(COc2cc(OCc3cncc(C#N)c3)c(CNC[C@@H](O)CC(=O)O)cc2Cl)cccc1-c1cccc(-c2ccc(N3CCNCC3)cc2)c1C. The van der Waals surface area contributed by atoms with Crippen molar-refractivity contribution in [2.24, 2.45) is 0 Å². The van der Waals surface area contributed by atoms with E-state index < -0.39 is 12.1 Å². The highest BCUT2D eigenvalue weighted by molar-refractivity contribution is 6.32. The largest absolute Gasteiger partial charge is 0.488 e. The molecule has 0 amide bonds. The quantitative estimate of drug-likeness (QED) is 0.0882. The Bertz CT molecular complexity index is 2130. The van der Waals surface area contributed by atoms with E-state index >= 15 is 0 Å². The third-order valence-corrected chi connectivity index (χ3v) is 9.95. The molecule has 0 spiro atoms. The molecule has 0 aliphatic carbocycles. The number of piperazine rings is 1. The zero-order chi connectivity index (χ0) is 38.0. The fourth-order valence-electron chi connectivity index (χ4n) is 6.70. The summed E-state index contributed by atoms with van der Waals surface area (Å²) in [5.41, 5.74) is 11.0. The lowest BCUT2D eigenvalue weighted by Crippen LogP contribution is -2.43. The summed E-state index contributed by atoms with van der Waals surface area (Å²) in [6.45, 7) is 9.03. The maximum Gasteiger partial charge on any atom is 0.306 e. The van der Waals surface area contributed by atoms with Crippen LogP contribution in [0.4, 0.5) is 5.69 Å². The number of carbonyl (C=O) groups is 1. The highest BCUT2D eigenvalue weighted by Gasteiger charge is 2.17. The number of ether oxygens (including phenoxy) is 2. The van der Waals surface area contributed by atoms with E-state index in [2.05, 4.69) is 89.0 Å². The van der Waals surface area contributed by atoms with Crippen molar-refractivity contribution in [3.63, 3.8) is 0 Å². The number of nitriles is 1. The van der Waals surface area contributed by atoms with Gasteiger partial charge in [0.2, 0.25) is 0 Å². The number of halogens is 1. The summed E-state index contributed by atoms with van der Waals surface area (Å²) in [5.74, 6) is -0.170. The molecular formula is C43H44ClN5O5. The van der Waals surface area contributed by atoms with Gasteiger partial charge in [0, 0.05) is 74.5 Å². The Kier molecular flexibility index (Phi) is 12.8. The molecule has 0 unspecified atom stereocenters. The van der Waals surface area contributed by atoms with Crippen LogP contribution < -0.4 is 25.0 Å². The van der Waals surface area contributed by atoms with Gasteiger partial charge < -0.3 is 35.2 Å². The van der Waals surface area contributed by atoms with Crippen LogP contribution in [0.25, 0.3) is 22.3 Å². The number of nitrogens with one attached hydrogen (secondary N) is 2. The molecule has 0 bridgehead atoms. The van der Waals surface area contributed by atoms with Gasteiger partial charge in [0.25, 0.3) is 0 Å². The Hall–Kier alpha value is -5.44. The molecule has 6 rings (SSSR count). The number of anilines is 1. The molecule has 1 aliphatic heterocycles. The first-order chi connectivity index (χ1) is 26.2. The molecule has 54 heavy (non-hydrogen) atoms. The average Bonchev–Trinajstić information content (AvgIpc) is 3.18. The number of carboxylic acid groups (broad SMARTS) is 1. The Morgan fingerprint density at radius 2 is 1.63 bits per heavy atom. The van der Waals surface area contributed by atoms with Crippen molar-refractivity contribution in [3.8, 4) is 39.8 Å². The number of hydrogen-bond acceptors (Lipinski definition) is 9. The van der Waals surface area contributed by atoms with Crippen molar-refractivity contribution in [3.05, 3.63) is 130 Å². The van der Waals surface area contributed by atoms with Crippen molar-refractivity contribution in [2.45, 2.75) is 46.1 Å². The van der Waals surface area contributed by atoms with E-state index in [4.69, 9.17) is 26.2 Å². The zero-order valence-corrected chi connectivity index (χ0v) is 31.2. The first kappa shape index (κ1) is 38.3. The van der Waals surface area contributed by atoms with Gasteiger partial charge in [-0.2, -0.15) is 5.26 Å². The van der Waals surface area contributed by atoms with Crippen molar-refractivity contribution in [2.75, 3.05) is 37.6 Å². The standard InChI is InChI=1S/C43H44ClN5O5/c1-28-33(5-3-7-38(28)39-8-4-6-37(29(39)2)32-9-11-35(12-10-32)49-15-13-46-14-16-49)27-54-42-20-41(53-26-31-17-30(21-45)22-47-23-31)34(18-40(42)44)24-48-25-36(50)19-43(51)52/h3-12,17-18,20,22-23,36,46,48,50H,13-16,19,24-27H2,1-2H3,(H,51,52)/t36-/m0/s1. The van der Waals surface area contributed by atoms with Gasteiger partial charge in [-0.25, -0.2) is 0 Å². The average molecular weight is 746 g/mol. The molecule has 1 aliphatic rings. The molecule has 2 heterocycles. The summed E-state index contributed by atoms with van der Waals surface area (Å²) in [5, 5.41) is 35.2. The topological polar surface area (TPSA) is 140 Å². The monoisotopic (exact) mass is 745 g/mol. The van der Waals surface area contributed by atoms with E-state index in [1.807, 2.05) is 12.1 Å². The number of rotatable bonds is 15.